The van der Waals surface area contributed by atoms with Crippen LogP contribution in [0.1, 0.15) is 39.0 Å². The highest BCUT2D eigenvalue weighted by Gasteiger charge is 2.39. The van der Waals surface area contributed by atoms with Gasteiger partial charge in [-0.3, -0.25) is 4.79 Å². The van der Waals surface area contributed by atoms with Crippen molar-refractivity contribution in [2.45, 2.75) is 45.1 Å². The van der Waals surface area contributed by atoms with E-state index in [0.29, 0.717) is 19.8 Å². The summed E-state index contributed by atoms with van der Waals surface area (Å²) in [5, 5.41) is 3.17. The predicted octanol–water partition coefficient (Wildman–Crippen LogP) is 0.733. The van der Waals surface area contributed by atoms with Gasteiger partial charge in [0.15, 0.2) is 0 Å². The number of hydrogen-bond donors (Lipinski definition) is 2. The second kappa shape index (κ2) is 7.38. The van der Waals surface area contributed by atoms with Crippen LogP contribution in [0.5, 0.6) is 0 Å². The largest absolute Gasteiger partial charge is 0.381 e. The Kier molecular flexibility index (Phi) is 5.81. The first-order valence-electron chi connectivity index (χ1n) is 7.97. The third-order valence-corrected chi connectivity index (χ3v) is 4.68. The number of hydrogen-bond acceptors (Lipinski definition) is 4. The molecule has 0 radical (unpaired) electrons. The Morgan fingerprint density at radius 3 is 2.55 bits per heavy atom. The summed E-state index contributed by atoms with van der Waals surface area (Å²) in [6.45, 7) is 7.07. The Hall–Kier alpha value is -0.650. The Morgan fingerprint density at radius 2 is 1.95 bits per heavy atom. The average molecular weight is 283 g/mol. The average Bonchev–Trinajstić information content (AvgIpc) is 2.48. The van der Waals surface area contributed by atoms with E-state index in [9.17, 15) is 4.79 Å². The number of carbonyl (C=O) groups excluding carboxylic acids is 1. The third kappa shape index (κ3) is 3.93. The zero-order chi connectivity index (χ0) is 14.4. The Morgan fingerprint density at radius 1 is 1.30 bits per heavy atom. The lowest BCUT2D eigenvalue weighted by atomic mass is 9.79. The van der Waals surface area contributed by atoms with Gasteiger partial charge >= 0.3 is 0 Å². The minimum Gasteiger partial charge on any atom is -0.381 e. The molecule has 5 nitrogen and oxygen atoms in total. The number of rotatable bonds is 5. The molecule has 20 heavy (non-hydrogen) atoms. The molecule has 1 unspecified atom stereocenters. The SMILES string of the molecule is CC(CN1CCCCC1)NC(=O)C1(CN)CCOCC1. The van der Waals surface area contributed by atoms with Crippen molar-refractivity contribution in [3.8, 4) is 0 Å². The molecule has 0 spiro atoms. The summed E-state index contributed by atoms with van der Waals surface area (Å²) in [4.78, 5) is 15.0. The highest BCUT2D eigenvalue weighted by atomic mass is 16.5. The summed E-state index contributed by atoms with van der Waals surface area (Å²) in [5.41, 5.74) is 5.46. The van der Waals surface area contributed by atoms with Crippen LogP contribution in [0.15, 0.2) is 0 Å². The Bertz CT molecular complexity index is 310. The van der Waals surface area contributed by atoms with E-state index < -0.39 is 5.41 Å². The minimum absolute atomic E-state index is 0.118. The Balaban J connectivity index is 1.82. The molecule has 3 N–H and O–H groups in total. The fourth-order valence-electron chi connectivity index (χ4n) is 3.24. The molecule has 0 saturated carbocycles. The molecule has 0 aromatic rings. The van der Waals surface area contributed by atoms with Crippen LogP contribution in [0.2, 0.25) is 0 Å². The van der Waals surface area contributed by atoms with Crippen molar-refractivity contribution >= 4 is 5.91 Å². The third-order valence-electron chi connectivity index (χ3n) is 4.68. The lowest BCUT2D eigenvalue weighted by molar-refractivity contribution is -0.136. The smallest absolute Gasteiger partial charge is 0.227 e. The normalized spacial score (nSPS) is 25.1. The van der Waals surface area contributed by atoms with Gasteiger partial charge in [0.1, 0.15) is 0 Å². The van der Waals surface area contributed by atoms with Gasteiger partial charge in [-0.2, -0.15) is 0 Å². The molecule has 116 valence electrons. The van der Waals surface area contributed by atoms with Crippen LogP contribution in [-0.2, 0) is 9.53 Å². The van der Waals surface area contributed by atoms with E-state index in [2.05, 4.69) is 17.1 Å². The number of nitrogens with zero attached hydrogens (tertiary/aromatic N) is 1. The lowest BCUT2D eigenvalue weighted by Gasteiger charge is -2.36. The lowest BCUT2D eigenvalue weighted by Crippen LogP contribution is -2.53. The highest BCUT2D eigenvalue weighted by molar-refractivity contribution is 5.83. The molecule has 0 aliphatic carbocycles. The van der Waals surface area contributed by atoms with Crippen LogP contribution in [0.25, 0.3) is 0 Å². The number of nitrogens with one attached hydrogen (secondary N) is 1. The number of piperidine rings is 1. The van der Waals surface area contributed by atoms with Crippen molar-refractivity contribution in [2.24, 2.45) is 11.1 Å². The first kappa shape index (κ1) is 15.7. The maximum Gasteiger partial charge on any atom is 0.227 e. The summed E-state index contributed by atoms with van der Waals surface area (Å²) in [6, 6.07) is 0.187. The van der Waals surface area contributed by atoms with Crippen molar-refractivity contribution in [3.05, 3.63) is 0 Å². The molecule has 2 heterocycles. The van der Waals surface area contributed by atoms with E-state index in [-0.39, 0.29) is 11.9 Å². The van der Waals surface area contributed by atoms with Crippen LogP contribution in [-0.4, -0.2) is 56.2 Å². The molecule has 1 amide bonds. The van der Waals surface area contributed by atoms with Crippen molar-refractivity contribution < 1.29 is 9.53 Å². The van der Waals surface area contributed by atoms with Gasteiger partial charge in [-0.25, -0.2) is 0 Å². The van der Waals surface area contributed by atoms with Gasteiger partial charge in [0.25, 0.3) is 0 Å². The predicted molar refractivity (Wildman–Crippen MR) is 79.4 cm³/mol. The van der Waals surface area contributed by atoms with E-state index >= 15 is 0 Å². The maximum absolute atomic E-state index is 12.5. The molecular formula is C15H29N3O2. The molecule has 2 aliphatic rings. The van der Waals surface area contributed by atoms with Gasteiger partial charge in [-0.1, -0.05) is 6.42 Å². The summed E-state index contributed by atoms with van der Waals surface area (Å²) in [5.74, 6) is 0.118. The molecule has 2 aliphatic heterocycles. The van der Waals surface area contributed by atoms with E-state index in [0.717, 1.165) is 32.5 Å². The van der Waals surface area contributed by atoms with Gasteiger partial charge in [0, 0.05) is 32.3 Å². The van der Waals surface area contributed by atoms with Crippen molar-refractivity contribution in [1.29, 1.82) is 0 Å². The zero-order valence-corrected chi connectivity index (χ0v) is 12.7. The zero-order valence-electron chi connectivity index (χ0n) is 12.7. The summed E-state index contributed by atoms with van der Waals surface area (Å²) < 4.78 is 5.36. The fourth-order valence-corrected chi connectivity index (χ4v) is 3.24. The number of amides is 1. The minimum atomic E-state index is -0.408. The molecule has 1 atom stereocenters. The van der Waals surface area contributed by atoms with Gasteiger partial charge in [-0.15, -0.1) is 0 Å². The van der Waals surface area contributed by atoms with E-state index in [4.69, 9.17) is 10.5 Å². The van der Waals surface area contributed by atoms with E-state index in [1.165, 1.54) is 19.3 Å². The standard InChI is InChI=1S/C15H29N3O2/c1-13(11-18-7-3-2-4-8-18)17-14(19)15(12-16)5-9-20-10-6-15/h13H,2-12,16H2,1H3,(H,17,19). The molecule has 0 aromatic carbocycles. The van der Waals surface area contributed by atoms with Crippen molar-refractivity contribution in [3.63, 3.8) is 0 Å². The van der Waals surface area contributed by atoms with E-state index in [1.54, 1.807) is 0 Å². The topological polar surface area (TPSA) is 67.6 Å². The molecular weight excluding hydrogens is 254 g/mol. The second-order valence-electron chi connectivity index (χ2n) is 6.33. The van der Waals surface area contributed by atoms with E-state index in [1.807, 2.05) is 0 Å². The first-order chi connectivity index (χ1) is 9.66. The summed E-state index contributed by atoms with van der Waals surface area (Å²) in [6.07, 6.45) is 5.39. The molecule has 0 aromatic heterocycles. The number of carbonyl (C=O) groups is 1. The number of nitrogens with two attached hydrogens (primary N) is 1. The van der Waals surface area contributed by atoms with Gasteiger partial charge < -0.3 is 20.7 Å². The van der Waals surface area contributed by atoms with Crippen LogP contribution in [0.3, 0.4) is 0 Å². The first-order valence-corrected chi connectivity index (χ1v) is 7.97. The van der Waals surface area contributed by atoms with Crippen molar-refractivity contribution in [1.82, 2.24) is 10.2 Å². The van der Waals surface area contributed by atoms with Gasteiger partial charge in [0.05, 0.1) is 5.41 Å². The monoisotopic (exact) mass is 283 g/mol. The van der Waals surface area contributed by atoms with Crippen molar-refractivity contribution in [2.75, 3.05) is 39.4 Å². The summed E-state index contributed by atoms with van der Waals surface area (Å²) in [7, 11) is 0. The highest BCUT2D eigenvalue weighted by Crippen LogP contribution is 2.29. The van der Waals surface area contributed by atoms with Crippen LogP contribution in [0, 0.1) is 5.41 Å². The van der Waals surface area contributed by atoms with Crippen LogP contribution >= 0.6 is 0 Å². The van der Waals surface area contributed by atoms with Gasteiger partial charge in [-0.05, 0) is 45.7 Å². The molecule has 0 bridgehead atoms. The fraction of sp³-hybridized carbons (Fsp3) is 0.933. The van der Waals surface area contributed by atoms with Crippen LogP contribution in [0.4, 0.5) is 0 Å². The second-order valence-corrected chi connectivity index (χ2v) is 6.33. The maximum atomic E-state index is 12.5. The quantitative estimate of drug-likeness (QED) is 0.780. The number of likely N-dealkylation sites (tertiary alicyclic amines) is 1. The number of ether oxygens (including phenoxy) is 1. The summed E-state index contributed by atoms with van der Waals surface area (Å²) >= 11 is 0. The molecule has 5 heteroatoms. The molecule has 2 rings (SSSR count). The Labute approximate surface area is 122 Å². The molecule has 2 fully saturated rings. The van der Waals surface area contributed by atoms with Gasteiger partial charge in [0.2, 0.25) is 5.91 Å². The molecule has 2 saturated heterocycles. The van der Waals surface area contributed by atoms with Crippen LogP contribution < -0.4 is 11.1 Å².